The minimum atomic E-state index is -0.0844. The van der Waals surface area contributed by atoms with E-state index >= 15 is 0 Å². The third-order valence-corrected chi connectivity index (χ3v) is 6.25. The molecule has 30 heavy (non-hydrogen) atoms. The molecule has 9 heteroatoms. The molecule has 1 saturated heterocycles. The maximum Gasteiger partial charge on any atom is 0.289 e. The first kappa shape index (κ1) is 19.3. The van der Waals surface area contributed by atoms with Gasteiger partial charge in [-0.25, -0.2) is 4.98 Å². The number of rotatable bonds is 4. The number of piperazine rings is 1. The van der Waals surface area contributed by atoms with E-state index in [0.29, 0.717) is 48.4 Å². The van der Waals surface area contributed by atoms with Crippen LogP contribution in [0.15, 0.2) is 44.1 Å². The smallest absolute Gasteiger partial charge is 0.289 e. The number of amides is 1. The third-order valence-electron chi connectivity index (χ3n) is 5.83. The Morgan fingerprint density at radius 1 is 1.07 bits per heavy atom. The quantitative estimate of drug-likeness (QED) is 0.565. The Balaban J connectivity index is 1.21. The van der Waals surface area contributed by atoms with E-state index in [4.69, 9.17) is 8.94 Å². The first-order valence-corrected chi connectivity index (χ1v) is 11.1. The molecule has 1 aliphatic carbocycles. The van der Waals surface area contributed by atoms with Gasteiger partial charge in [0.2, 0.25) is 11.7 Å². The zero-order valence-corrected chi connectivity index (χ0v) is 18.0. The van der Waals surface area contributed by atoms with Crippen LogP contribution in [0, 0.1) is 0 Å². The van der Waals surface area contributed by atoms with Crippen LogP contribution >= 0.6 is 15.9 Å². The van der Waals surface area contributed by atoms with E-state index < -0.39 is 0 Å². The van der Waals surface area contributed by atoms with E-state index in [1.54, 1.807) is 23.2 Å². The van der Waals surface area contributed by atoms with Gasteiger partial charge in [-0.15, -0.1) is 0 Å². The molecular weight excluding hydrogens is 450 g/mol. The second-order valence-electron chi connectivity index (χ2n) is 7.73. The maximum atomic E-state index is 12.5. The zero-order valence-electron chi connectivity index (χ0n) is 16.5. The molecule has 0 unspecified atom stereocenters. The highest BCUT2D eigenvalue weighted by Crippen LogP contribution is 2.34. The van der Waals surface area contributed by atoms with Gasteiger partial charge in [0.25, 0.3) is 5.91 Å². The van der Waals surface area contributed by atoms with Gasteiger partial charge in [-0.3, -0.25) is 4.79 Å². The van der Waals surface area contributed by atoms with E-state index in [9.17, 15) is 4.79 Å². The summed E-state index contributed by atoms with van der Waals surface area (Å²) in [5.41, 5.74) is 0.851. The lowest BCUT2D eigenvalue weighted by molar-refractivity contribution is 0.0713. The third kappa shape index (κ3) is 3.86. The molecule has 1 saturated carbocycles. The van der Waals surface area contributed by atoms with E-state index in [-0.39, 0.29) is 5.91 Å². The van der Waals surface area contributed by atoms with Crippen LogP contribution in [0.3, 0.4) is 0 Å². The van der Waals surface area contributed by atoms with Crippen LogP contribution in [0.25, 0.3) is 11.4 Å². The van der Waals surface area contributed by atoms with Gasteiger partial charge >= 0.3 is 0 Å². The molecule has 0 aromatic carbocycles. The van der Waals surface area contributed by atoms with Crippen LogP contribution in [-0.2, 0) is 0 Å². The number of hydrogen-bond acceptors (Lipinski definition) is 7. The molecule has 8 nitrogen and oxygen atoms in total. The summed E-state index contributed by atoms with van der Waals surface area (Å²) in [6.45, 7) is 2.67. The summed E-state index contributed by atoms with van der Waals surface area (Å²) in [6, 6.07) is 7.37. The van der Waals surface area contributed by atoms with Crippen molar-refractivity contribution >= 4 is 27.7 Å². The van der Waals surface area contributed by atoms with Crippen LogP contribution in [0.5, 0.6) is 0 Å². The predicted octanol–water partition coefficient (Wildman–Crippen LogP) is 4.11. The lowest BCUT2D eigenvalue weighted by atomic mass is 10.1. The molecule has 4 heterocycles. The first-order valence-electron chi connectivity index (χ1n) is 10.3. The molecule has 156 valence electrons. The van der Waals surface area contributed by atoms with Crippen LogP contribution in [0.4, 0.5) is 5.82 Å². The molecule has 5 rings (SSSR count). The topological polar surface area (TPSA) is 88.5 Å². The monoisotopic (exact) mass is 471 g/mol. The molecule has 0 spiro atoms. The van der Waals surface area contributed by atoms with Crippen molar-refractivity contribution in [2.24, 2.45) is 0 Å². The van der Waals surface area contributed by atoms with E-state index in [0.717, 1.165) is 30.1 Å². The van der Waals surface area contributed by atoms with Gasteiger partial charge < -0.3 is 18.7 Å². The second-order valence-corrected chi connectivity index (χ2v) is 8.51. The highest BCUT2D eigenvalue weighted by atomic mass is 79.9. The van der Waals surface area contributed by atoms with Gasteiger partial charge in [-0.05, 0) is 53.0 Å². The van der Waals surface area contributed by atoms with Crippen molar-refractivity contribution < 1.29 is 13.7 Å². The Hall–Kier alpha value is -2.68. The molecule has 2 aliphatic rings. The van der Waals surface area contributed by atoms with Gasteiger partial charge in [0, 0.05) is 43.9 Å². The molecule has 3 aromatic heterocycles. The lowest BCUT2D eigenvalue weighted by Crippen LogP contribution is -2.49. The number of nitrogens with zero attached hydrogens (tertiary/aromatic N) is 5. The Bertz CT molecular complexity index is 1020. The number of furan rings is 1. The number of pyridine rings is 1. The Labute approximate surface area is 182 Å². The zero-order chi connectivity index (χ0) is 20.5. The lowest BCUT2D eigenvalue weighted by Gasteiger charge is -2.35. The molecule has 1 aliphatic heterocycles. The minimum absolute atomic E-state index is 0.0844. The first-order chi connectivity index (χ1) is 14.7. The predicted molar refractivity (Wildman–Crippen MR) is 113 cm³/mol. The fraction of sp³-hybridized carbons (Fsp3) is 0.429. The van der Waals surface area contributed by atoms with Crippen LogP contribution in [-0.4, -0.2) is 52.1 Å². The average Bonchev–Trinajstić information content (AvgIpc) is 3.55. The Morgan fingerprint density at radius 3 is 2.53 bits per heavy atom. The van der Waals surface area contributed by atoms with Crippen molar-refractivity contribution in [1.29, 1.82) is 0 Å². The van der Waals surface area contributed by atoms with Crippen molar-refractivity contribution in [2.45, 2.75) is 31.6 Å². The molecule has 1 amide bonds. The Kier molecular flexibility index (Phi) is 5.28. The van der Waals surface area contributed by atoms with Crippen molar-refractivity contribution in [1.82, 2.24) is 20.0 Å². The number of carbonyl (C=O) groups excluding carboxylic acids is 1. The highest BCUT2D eigenvalue weighted by molar-refractivity contribution is 9.10. The summed E-state index contributed by atoms with van der Waals surface area (Å²) >= 11 is 3.24. The summed E-state index contributed by atoms with van der Waals surface area (Å²) < 4.78 is 11.4. The molecule has 0 atom stereocenters. The molecule has 3 aromatic rings. The van der Waals surface area contributed by atoms with E-state index in [1.165, 1.54) is 12.8 Å². The Morgan fingerprint density at radius 2 is 1.87 bits per heavy atom. The standard InChI is InChI=1S/C21H22BrN5O3/c22-17-7-6-16(29-17)21(28)27-11-9-26(10-12-27)18-8-5-15(13-23-18)19-24-20(30-25-19)14-3-1-2-4-14/h5-8,13-14H,1-4,9-12H2. The summed E-state index contributed by atoms with van der Waals surface area (Å²) in [5, 5.41) is 4.14. The van der Waals surface area contributed by atoms with Crippen molar-refractivity contribution in [2.75, 3.05) is 31.1 Å². The number of carbonyl (C=O) groups is 1. The van der Waals surface area contributed by atoms with Gasteiger partial charge in [0.05, 0.1) is 0 Å². The van der Waals surface area contributed by atoms with Gasteiger partial charge in [-0.2, -0.15) is 4.98 Å². The largest absolute Gasteiger partial charge is 0.444 e. The van der Waals surface area contributed by atoms with Crippen LogP contribution in [0.1, 0.15) is 48.0 Å². The number of hydrogen-bond donors (Lipinski definition) is 0. The van der Waals surface area contributed by atoms with Crippen LogP contribution < -0.4 is 4.90 Å². The fourth-order valence-electron chi connectivity index (χ4n) is 4.12. The summed E-state index contributed by atoms with van der Waals surface area (Å²) in [7, 11) is 0. The van der Waals surface area contributed by atoms with Gasteiger partial charge in [-0.1, -0.05) is 18.0 Å². The minimum Gasteiger partial charge on any atom is -0.444 e. The maximum absolute atomic E-state index is 12.5. The summed E-state index contributed by atoms with van der Waals surface area (Å²) in [4.78, 5) is 25.7. The van der Waals surface area contributed by atoms with Crippen molar-refractivity contribution in [3.05, 3.63) is 46.8 Å². The van der Waals surface area contributed by atoms with E-state index in [2.05, 4.69) is 36.0 Å². The molecular formula is C21H22BrN5O3. The second kappa shape index (κ2) is 8.22. The molecule has 0 N–H and O–H groups in total. The normalized spacial score (nSPS) is 17.6. The number of anilines is 1. The molecule has 0 radical (unpaired) electrons. The highest BCUT2D eigenvalue weighted by Gasteiger charge is 2.26. The van der Waals surface area contributed by atoms with Gasteiger partial charge in [0.15, 0.2) is 10.4 Å². The SMILES string of the molecule is O=C(c1ccc(Br)o1)N1CCN(c2ccc(-c3noc(C4CCCC4)n3)cn2)CC1. The average molecular weight is 472 g/mol. The van der Waals surface area contributed by atoms with Gasteiger partial charge in [0.1, 0.15) is 5.82 Å². The van der Waals surface area contributed by atoms with Crippen LogP contribution in [0.2, 0.25) is 0 Å². The fourth-order valence-corrected chi connectivity index (χ4v) is 4.43. The van der Waals surface area contributed by atoms with E-state index in [1.807, 2.05) is 12.1 Å². The van der Waals surface area contributed by atoms with Crippen molar-refractivity contribution in [3.63, 3.8) is 0 Å². The number of aromatic nitrogens is 3. The van der Waals surface area contributed by atoms with Crippen molar-refractivity contribution in [3.8, 4) is 11.4 Å². The number of halogens is 1. The summed E-state index contributed by atoms with van der Waals surface area (Å²) in [6.07, 6.45) is 6.51. The molecule has 0 bridgehead atoms. The summed E-state index contributed by atoms with van der Waals surface area (Å²) in [5.74, 6) is 2.89. The molecule has 2 fully saturated rings.